The number of carbonyl (C=O) groups is 1. The highest BCUT2D eigenvalue weighted by atomic mass is 32.2. The molecule has 122 valence electrons. The molecule has 0 saturated carbocycles. The molecule has 0 aromatic rings. The molecule has 0 amide bonds. The number of sulfone groups is 1. The highest BCUT2D eigenvalue weighted by Crippen LogP contribution is 2.24. The Kier molecular flexibility index (Phi) is 4.91. The SMILES string of the molecule is O=C(O)C1CCCCN1S(=O)(=O)N1CCCS(=O)(=O)CC1. The van der Waals surface area contributed by atoms with E-state index in [2.05, 4.69) is 0 Å². The topological polar surface area (TPSA) is 112 Å². The van der Waals surface area contributed by atoms with E-state index in [4.69, 9.17) is 0 Å². The molecular weight excluding hydrogens is 320 g/mol. The molecule has 1 unspecified atom stereocenters. The number of rotatable bonds is 3. The van der Waals surface area contributed by atoms with Gasteiger partial charge in [-0.05, 0) is 25.7 Å². The van der Waals surface area contributed by atoms with Crippen molar-refractivity contribution < 1.29 is 26.7 Å². The second-order valence-corrected chi connectivity index (χ2v) is 9.56. The van der Waals surface area contributed by atoms with E-state index in [0.29, 0.717) is 19.3 Å². The second-order valence-electron chi connectivity index (χ2n) is 5.37. The quantitative estimate of drug-likeness (QED) is 0.726. The average Bonchev–Trinajstić information content (AvgIpc) is 2.60. The van der Waals surface area contributed by atoms with Crippen LogP contribution in [0.3, 0.4) is 0 Å². The lowest BCUT2D eigenvalue weighted by Crippen LogP contribution is -2.53. The number of piperidine rings is 1. The molecule has 0 aliphatic carbocycles. The van der Waals surface area contributed by atoms with E-state index < -0.39 is 32.1 Å². The highest BCUT2D eigenvalue weighted by molar-refractivity contribution is 7.91. The smallest absolute Gasteiger partial charge is 0.322 e. The molecule has 0 bridgehead atoms. The molecule has 2 heterocycles. The van der Waals surface area contributed by atoms with Gasteiger partial charge in [-0.2, -0.15) is 17.0 Å². The third-order valence-electron chi connectivity index (χ3n) is 3.88. The summed E-state index contributed by atoms with van der Waals surface area (Å²) in [4.78, 5) is 11.2. The van der Waals surface area contributed by atoms with Crippen molar-refractivity contribution in [3.05, 3.63) is 0 Å². The van der Waals surface area contributed by atoms with E-state index in [1.807, 2.05) is 0 Å². The summed E-state index contributed by atoms with van der Waals surface area (Å²) in [5.74, 6) is -1.39. The van der Waals surface area contributed by atoms with Crippen LogP contribution in [0.4, 0.5) is 0 Å². The summed E-state index contributed by atoms with van der Waals surface area (Å²) in [6, 6.07) is -1.05. The van der Waals surface area contributed by atoms with Gasteiger partial charge in [0.2, 0.25) is 0 Å². The lowest BCUT2D eigenvalue weighted by Gasteiger charge is -2.35. The van der Waals surface area contributed by atoms with Gasteiger partial charge in [0.05, 0.1) is 11.5 Å². The summed E-state index contributed by atoms with van der Waals surface area (Å²) in [7, 11) is -7.15. The first kappa shape index (κ1) is 16.7. The lowest BCUT2D eigenvalue weighted by atomic mass is 10.1. The molecule has 2 rings (SSSR count). The second kappa shape index (κ2) is 6.19. The Hall–Kier alpha value is -0.710. The van der Waals surface area contributed by atoms with Crippen LogP contribution in [0.25, 0.3) is 0 Å². The van der Waals surface area contributed by atoms with Crippen molar-refractivity contribution in [3.63, 3.8) is 0 Å². The Bertz CT molecular complexity index is 600. The van der Waals surface area contributed by atoms with Crippen molar-refractivity contribution in [3.8, 4) is 0 Å². The fraction of sp³-hybridized carbons (Fsp3) is 0.909. The van der Waals surface area contributed by atoms with Crippen molar-refractivity contribution in [1.82, 2.24) is 8.61 Å². The van der Waals surface area contributed by atoms with Gasteiger partial charge in [0.1, 0.15) is 6.04 Å². The van der Waals surface area contributed by atoms with Crippen molar-refractivity contribution in [1.29, 1.82) is 0 Å². The summed E-state index contributed by atoms with van der Waals surface area (Å²) >= 11 is 0. The van der Waals surface area contributed by atoms with Crippen molar-refractivity contribution >= 4 is 26.0 Å². The minimum Gasteiger partial charge on any atom is -0.480 e. The molecule has 0 aromatic carbocycles. The van der Waals surface area contributed by atoms with E-state index in [9.17, 15) is 26.7 Å². The Morgan fingerprint density at radius 3 is 2.43 bits per heavy atom. The molecule has 2 aliphatic heterocycles. The van der Waals surface area contributed by atoms with Gasteiger partial charge in [-0.25, -0.2) is 8.42 Å². The Morgan fingerprint density at radius 1 is 1.05 bits per heavy atom. The van der Waals surface area contributed by atoms with E-state index in [1.54, 1.807) is 0 Å². The Balaban J connectivity index is 2.21. The minimum absolute atomic E-state index is 0.0264. The first-order valence-corrected chi connectivity index (χ1v) is 10.2. The molecule has 0 aromatic heterocycles. The molecule has 0 radical (unpaired) electrons. The Morgan fingerprint density at radius 2 is 1.76 bits per heavy atom. The normalized spacial score (nSPS) is 28.9. The maximum Gasteiger partial charge on any atom is 0.322 e. The number of carboxylic acids is 1. The predicted molar refractivity (Wildman–Crippen MR) is 75.7 cm³/mol. The molecule has 2 fully saturated rings. The zero-order chi connectivity index (χ0) is 15.7. The van der Waals surface area contributed by atoms with Gasteiger partial charge < -0.3 is 5.11 Å². The molecule has 1 N–H and O–H groups in total. The van der Waals surface area contributed by atoms with Gasteiger partial charge in [-0.15, -0.1) is 0 Å². The number of nitrogens with zero attached hydrogens (tertiary/aromatic N) is 2. The standard InChI is InChI=1S/C11H20N2O6S2/c14-11(15)10-4-1-2-6-13(10)21(18,19)12-5-3-8-20(16,17)9-7-12/h10H,1-9H2,(H,14,15). The lowest BCUT2D eigenvalue weighted by molar-refractivity contribution is -0.142. The monoisotopic (exact) mass is 340 g/mol. The molecular formula is C11H20N2O6S2. The number of carboxylic acid groups (broad SMARTS) is 1. The van der Waals surface area contributed by atoms with Crippen LogP contribution in [0, 0.1) is 0 Å². The van der Waals surface area contributed by atoms with Gasteiger partial charge >= 0.3 is 5.97 Å². The first-order chi connectivity index (χ1) is 9.74. The minimum atomic E-state index is -3.93. The molecule has 0 spiro atoms. The van der Waals surface area contributed by atoms with Crippen LogP contribution < -0.4 is 0 Å². The summed E-state index contributed by atoms with van der Waals surface area (Å²) in [6.07, 6.45) is 1.83. The van der Waals surface area contributed by atoms with Crippen LogP contribution in [-0.4, -0.2) is 73.7 Å². The third kappa shape index (κ3) is 3.74. The number of aliphatic carboxylic acids is 1. The van der Waals surface area contributed by atoms with E-state index >= 15 is 0 Å². The van der Waals surface area contributed by atoms with Crippen LogP contribution in [0.15, 0.2) is 0 Å². The van der Waals surface area contributed by atoms with Gasteiger partial charge in [0.15, 0.2) is 9.84 Å². The average molecular weight is 340 g/mol. The maximum absolute atomic E-state index is 12.6. The van der Waals surface area contributed by atoms with Gasteiger partial charge in [0, 0.05) is 19.6 Å². The van der Waals surface area contributed by atoms with Crippen LogP contribution >= 0.6 is 0 Å². The molecule has 2 saturated heterocycles. The van der Waals surface area contributed by atoms with Crippen LogP contribution in [-0.2, 0) is 24.8 Å². The fourth-order valence-corrected chi connectivity index (χ4v) is 5.97. The number of hydrogen-bond donors (Lipinski definition) is 1. The molecule has 10 heteroatoms. The van der Waals surface area contributed by atoms with Gasteiger partial charge in [-0.3, -0.25) is 4.79 Å². The van der Waals surface area contributed by atoms with Crippen LogP contribution in [0.5, 0.6) is 0 Å². The fourth-order valence-electron chi connectivity index (χ4n) is 2.72. The highest BCUT2D eigenvalue weighted by Gasteiger charge is 2.40. The third-order valence-corrected chi connectivity index (χ3v) is 7.64. The Labute approximate surface area is 124 Å². The van der Waals surface area contributed by atoms with E-state index in [-0.39, 0.29) is 37.6 Å². The molecule has 21 heavy (non-hydrogen) atoms. The van der Waals surface area contributed by atoms with Gasteiger partial charge in [0.25, 0.3) is 10.2 Å². The molecule has 1 atom stereocenters. The summed E-state index contributed by atoms with van der Waals surface area (Å²) in [5, 5.41) is 9.19. The van der Waals surface area contributed by atoms with Crippen molar-refractivity contribution in [2.45, 2.75) is 31.7 Å². The van der Waals surface area contributed by atoms with Gasteiger partial charge in [-0.1, -0.05) is 0 Å². The van der Waals surface area contributed by atoms with E-state index in [1.165, 1.54) is 0 Å². The summed E-state index contributed by atoms with van der Waals surface area (Å²) in [5.41, 5.74) is 0. The van der Waals surface area contributed by atoms with Crippen LogP contribution in [0.2, 0.25) is 0 Å². The van der Waals surface area contributed by atoms with E-state index in [0.717, 1.165) is 8.61 Å². The zero-order valence-electron chi connectivity index (χ0n) is 11.6. The summed E-state index contributed by atoms with van der Waals surface area (Å²) < 4.78 is 50.5. The largest absolute Gasteiger partial charge is 0.480 e. The van der Waals surface area contributed by atoms with Crippen LogP contribution in [0.1, 0.15) is 25.7 Å². The molecule has 8 nitrogen and oxygen atoms in total. The first-order valence-electron chi connectivity index (χ1n) is 6.94. The molecule has 2 aliphatic rings. The maximum atomic E-state index is 12.6. The van der Waals surface area contributed by atoms with Crippen molar-refractivity contribution in [2.24, 2.45) is 0 Å². The van der Waals surface area contributed by atoms with Crippen molar-refractivity contribution in [2.75, 3.05) is 31.1 Å². The summed E-state index contributed by atoms with van der Waals surface area (Å²) in [6.45, 7) is 0.181. The predicted octanol–water partition coefficient (Wildman–Crippen LogP) is -0.709. The number of hydrogen-bond acceptors (Lipinski definition) is 5. The zero-order valence-corrected chi connectivity index (χ0v) is 13.3.